The van der Waals surface area contributed by atoms with Crippen LogP contribution in [0.2, 0.25) is 0 Å². The molecule has 0 spiro atoms. The standard InChI is InChI=1S/C20H22N6O/c1-24(2)13-8-10-25(12-13)17-7-9-21-19-14(17)11-16(23-27)20-22-15-5-3-4-6-18(15)26(19)20/h3-6,11,13H,7-10,12H2,1-2H3. The molecule has 1 unspecified atom stereocenters. The van der Waals surface area contributed by atoms with E-state index in [-0.39, 0.29) is 0 Å². The summed E-state index contributed by atoms with van der Waals surface area (Å²) in [6, 6.07) is 10.4. The maximum absolute atomic E-state index is 11.6. The second kappa shape index (κ2) is 6.13. The van der Waals surface area contributed by atoms with Gasteiger partial charge in [0.15, 0.2) is 11.3 Å². The van der Waals surface area contributed by atoms with Crippen molar-refractivity contribution in [2.75, 3.05) is 33.7 Å². The number of benzene rings is 1. The lowest BCUT2D eigenvalue weighted by atomic mass is 10.1. The quantitative estimate of drug-likeness (QED) is 0.665. The van der Waals surface area contributed by atoms with Gasteiger partial charge in [-0.3, -0.25) is 9.39 Å². The van der Waals surface area contributed by atoms with E-state index in [4.69, 9.17) is 4.99 Å². The summed E-state index contributed by atoms with van der Waals surface area (Å²) in [6.07, 6.45) is 2.04. The number of nitrogens with zero attached hydrogens (tertiary/aromatic N) is 6. The van der Waals surface area contributed by atoms with Crippen LogP contribution in [0.15, 0.2) is 40.5 Å². The molecule has 0 bridgehead atoms. The Morgan fingerprint density at radius 2 is 2.11 bits per heavy atom. The molecule has 2 aromatic heterocycles. The average Bonchev–Trinajstić information content (AvgIpc) is 3.32. The van der Waals surface area contributed by atoms with Crippen LogP contribution in [0.25, 0.3) is 22.4 Å². The first-order valence-corrected chi connectivity index (χ1v) is 9.40. The van der Waals surface area contributed by atoms with E-state index in [0.717, 1.165) is 54.2 Å². The maximum Gasteiger partial charge on any atom is 0.169 e. The molecule has 2 aliphatic rings. The van der Waals surface area contributed by atoms with Crippen molar-refractivity contribution < 1.29 is 0 Å². The SMILES string of the molecule is CN(C)C1CCN(C2=c3cc(N=O)c4nc5ccccc5n4c3=NCC2)C1. The summed E-state index contributed by atoms with van der Waals surface area (Å²) in [5, 5.41) is 4.31. The Bertz CT molecular complexity index is 1180. The van der Waals surface area contributed by atoms with Crippen LogP contribution in [-0.4, -0.2) is 59.0 Å². The number of pyridine rings is 1. The normalized spacial score (nSPS) is 19.7. The largest absolute Gasteiger partial charge is 0.373 e. The van der Waals surface area contributed by atoms with Crippen molar-refractivity contribution >= 4 is 28.1 Å². The first kappa shape index (κ1) is 16.4. The third kappa shape index (κ3) is 2.45. The van der Waals surface area contributed by atoms with Crippen LogP contribution in [0.3, 0.4) is 0 Å². The molecule has 0 aliphatic carbocycles. The molecule has 1 saturated heterocycles. The number of aromatic nitrogens is 2. The number of rotatable bonds is 3. The number of para-hydroxylation sites is 2. The van der Waals surface area contributed by atoms with Crippen LogP contribution in [-0.2, 0) is 0 Å². The van der Waals surface area contributed by atoms with Crippen LogP contribution in [0.4, 0.5) is 5.69 Å². The van der Waals surface area contributed by atoms with E-state index in [1.54, 1.807) is 0 Å². The second-order valence-electron chi connectivity index (χ2n) is 7.55. The Kier molecular flexibility index (Phi) is 3.72. The molecule has 7 heteroatoms. The Labute approximate surface area is 156 Å². The second-order valence-corrected chi connectivity index (χ2v) is 7.55. The van der Waals surface area contributed by atoms with Gasteiger partial charge in [-0.1, -0.05) is 12.1 Å². The highest BCUT2D eigenvalue weighted by Gasteiger charge is 2.27. The molecule has 5 rings (SSSR count). The predicted molar refractivity (Wildman–Crippen MR) is 105 cm³/mol. The molecular formula is C20H22N6O. The summed E-state index contributed by atoms with van der Waals surface area (Å²) in [5.41, 5.74) is 4.94. The zero-order valence-corrected chi connectivity index (χ0v) is 15.6. The molecular weight excluding hydrogens is 340 g/mol. The van der Waals surface area contributed by atoms with E-state index < -0.39 is 0 Å². The number of hydrogen-bond donors (Lipinski definition) is 0. The summed E-state index contributed by atoms with van der Waals surface area (Å²) in [7, 11) is 4.27. The fraction of sp³-hybridized carbons (Fsp3) is 0.400. The Hall–Kier alpha value is -2.80. The zero-order chi connectivity index (χ0) is 18.5. The van der Waals surface area contributed by atoms with Crippen LogP contribution < -0.4 is 10.7 Å². The van der Waals surface area contributed by atoms with Gasteiger partial charge in [0.2, 0.25) is 0 Å². The summed E-state index contributed by atoms with van der Waals surface area (Å²) in [5.74, 6) is 0. The molecule has 0 saturated carbocycles. The Morgan fingerprint density at radius 3 is 2.89 bits per heavy atom. The highest BCUT2D eigenvalue weighted by Crippen LogP contribution is 2.24. The van der Waals surface area contributed by atoms with Gasteiger partial charge in [-0.05, 0) is 43.9 Å². The topological polar surface area (TPSA) is 65.6 Å². The van der Waals surface area contributed by atoms with Gasteiger partial charge in [-0.25, -0.2) is 4.98 Å². The van der Waals surface area contributed by atoms with Crippen molar-refractivity contribution in [1.82, 2.24) is 19.2 Å². The molecule has 4 heterocycles. The highest BCUT2D eigenvalue weighted by molar-refractivity contribution is 5.84. The minimum Gasteiger partial charge on any atom is -0.373 e. The zero-order valence-electron chi connectivity index (χ0n) is 15.6. The van der Waals surface area contributed by atoms with Crippen molar-refractivity contribution in [3.05, 3.63) is 45.9 Å². The van der Waals surface area contributed by atoms with Crippen LogP contribution >= 0.6 is 0 Å². The van der Waals surface area contributed by atoms with Gasteiger partial charge >= 0.3 is 0 Å². The van der Waals surface area contributed by atoms with Gasteiger partial charge in [0, 0.05) is 43.0 Å². The minimum atomic E-state index is 0.378. The summed E-state index contributed by atoms with van der Waals surface area (Å²) in [6.45, 7) is 2.79. The Balaban J connectivity index is 1.82. The first-order chi connectivity index (χ1) is 13.2. The van der Waals surface area contributed by atoms with Gasteiger partial charge < -0.3 is 9.80 Å². The first-order valence-electron chi connectivity index (χ1n) is 9.40. The van der Waals surface area contributed by atoms with Crippen molar-refractivity contribution in [2.24, 2.45) is 10.2 Å². The molecule has 0 radical (unpaired) electrons. The number of likely N-dealkylation sites (N-methyl/N-ethyl adjacent to an activating group) is 1. The predicted octanol–water partition coefficient (Wildman–Crippen LogP) is 1.65. The monoisotopic (exact) mass is 362 g/mol. The summed E-state index contributed by atoms with van der Waals surface area (Å²) in [4.78, 5) is 25.8. The van der Waals surface area contributed by atoms with Crippen LogP contribution in [0.1, 0.15) is 12.8 Å². The van der Waals surface area contributed by atoms with E-state index in [2.05, 4.69) is 34.1 Å². The fourth-order valence-electron chi connectivity index (χ4n) is 4.37. The van der Waals surface area contributed by atoms with Gasteiger partial charge in [-0.15, -0.1) is 4.91 Å². The molecule has 3 aromatic rings. The summed E-state index contributed by atoms with van der Waals surface area (Å²) < 4.78 is 2.00. The lowest BCUT2D eigenvalue weighted by Crippen LogP contribution is -2.41. The molecule has 0 amide bonds. The van der Waals surface area contributed by atoms with E-state index in [0.29, 0.717) is 17.4 Å². The van der Waals surface area contributed by atoms with Crippen molar-refractivity contribution in [3.8, 4) is 0 Å². The molecule has 0 N–H and O–H groups in total. The minimum absolute atomic E-state index is 0.378. The third-order valence-corrected chi connectivity index (χ3v) is 5.82. The average molecular weight is 362 g/mol. The Morgan fingerprint density at radius 1 is 1.26 bits per heavy atom. The van der Waals surface area contributed by atoms with Gasteiger partial charge in [0.25, 0.3) is 0 Å². The molecule has 27 heavy (non-hydrogen) atoms. The third-order valence-electron chi connectivity index (χ3n) is 5.82. The number of imidazole rings is 1. The number of likely N-dealkylation sites (tertiary alicyclic amines) is 1. The summed E-state index contributed by atoms with van der Waals surface area (Å²) >= 11 is 0. The lowest BCUT2D eigenvalue weighted by Gasteiger charge is -2.25. The van der Waals surface area contributed by atoms with Crippen molar-refractivity contribution in [2.45, 2.75) is 18.9 Å². The van der Waals surface area contributed by atoms with Gasteiger partial charge in [-0.2, -0.15) is 0 Å². The molecule has 138 valence electrons. The molecule has 7 nitrogen and oxygen atoms in total. The van der Waals surface area contributed by atoms with Crippen LogP contribution in [0, 0.1) is 4.91 Å². The van der Waals surface area contributed by atoms with Crippen molar-refractivity contribution in [1.29, 1.82) is 0 Å². The van der Waals surface area contributed by atoms with E-state index in [9.17, 15) is 4.91 Å². The lowest BCUT2D eigenvalue weighted by molar-refractivity contribution is 0.297. The smallest absolute Gasteiger partial charge is 0.169 e. The fourth-order valence-corrected chi connectivity index (χ4v) is 4.37. The van der Waals surface area contributed by atoms with Gasteiger partial charge in [0.1, 0.15) is 5.49 Å². The maximum atomic E-state index is 11.6. The number of hydrogen-bond acceptors (Lipinski definition) is 6. The van der Waals surface area contributed by atoms with Gasteiger partial charge in [0.05, 0.1) is 11.0 Å². The molecule has 2 aliphatic heterocycles. The van der Waals surface area contributed by atoms with Crippen LogP contribution in [0.5, 0.6) is 0 Å². The van der Waals surface area contributed by atoms with Crippen molar-refractivity contribution in [3.63, 3.8) is 0 Å². The van der Waals surface area contributed by atoms with E-state index >= 15 is 0 Å². The van der Waals surface area contributed by atoms with E-state index in [1.807, 2.05) is 34.7 Å². The molecule has 1 aromatic carbocycles. The molecule has 1 fully saturated rings. The van der Waals surface area contributed by atoms with E-state index in [1.165, 1.54) is 5.70 Å². The molecule has 1 atom stereocenters. The highest BCUT2D eigenvalue weighted by atomic mass is 16.3. The number of fused-ring (bicyclic) bond motifs is 5. The number of nitroso groups, excluding NO2 is 1.